The minimum Gasteiger partial charge on any atom is -0.338 e. The van der Waals surface area contributed by atoms with Crippen molar-refractivity contribution in [2.24, 2.45) is 0 Å². The lowest BCUT2D eigenvalue weighted by atomic mass is 10.1. The quantitative estimate of drug-likeness (QED) is 0.718. The highest BCUT2D eigenvalue weighted by Gasteiger charge is 2.02. The molecule has 2 N–H and O–H groups in total. The monoisotopic (exact) mass is 337 g/mol. The molecule has 1 heterocycles. The van der Waals surface area contributed by atoms with Gasteiger partial charge in [0.25, 0.3) is 0 Å². The summed E-state index contributed by atoms with van der Waals surface area (Å²) < 4.78 is 0. The van der Waals surface area contributed by atoms with Gasteiger partial charge in [0.05, 0.1) is 0 Å². The smallest absolute Gasteiger partial charge is 0.315 e. The number of hydrogen-bond donors (Lipinski definition) is 2. The Morgan fingerprint density at radius 3 is 2.46 bits per heavy atom. The number of nitrogens with one attached hydrogen (secondary N) is 2. The van der Waals surface area contributed by atoms with Gasteiger partial charge in [0.15, 0.2) is 0 Å². The lowest BCUT2D eigenvalue weighted by molar-refractivity contribution is 0.240. The molecule has 0 aliphatic carbocycles. The molecule has 24 heavy (non-hydrogen) atoms. The molecular weight excluding hydrogens is 318 g/mol. The van der Waals surface area contributed by atoms with Crippen LogP contribution in [0.1, 0.15) is 11.1 Å². The summed E-state index contributed by atoms with van der Waals surface area (Å²) in [5.74, 6) is 0. The number of aromatic nitrogens is 1. The van der Waals surface area contributed by atoms with Crippen LogP contribution in [0, 0.1) is 0 Å². The molecule has 0 atom stereocenters. The molecule has 5 heteroatoms. The predicted octanol–water partition coefficient (Wildman–Crippen LogP) is 3.85. The van der Waals surface area contributed by atoms with Gasteiger partial charge in [-0.3, -0.25) is 0 Å². The summed E-state index contributed by atoms with van der Waals surface area (Å²) in [6.45, 7) is 1.13. The molecule has 4 nitrogen and oxygen atoms in total. The van der Waals surface area contributed by atoms with E-state index in [0.29, 0.717) is 13.1 Å². The largest absolute Gasteiger partial charge is 0.338 e. The second-order valence-electron chi connectivity index (χ2n) is 5.38. The first-order valence-electron chi connectivity index (χ1n) is 7.86. The van der Waals surface area contributed by atoms with Crippen molar-refractivity contribution in [1.82, 2.24) is 15.6 Å². The van der Waals surface area contributed by atoms with E-state index >= 15 is 0 Å². The van der Waals surface area contributed by atoms with E-state index in [1.807, 2.05) is 47.8 Å². The topological polar surface area (TPSA) is 54.0 Å². The van der Waals surface area contributed by atoms with Gasteiger partial charge in [0, 0.05) is 30.2 Å². The summed E-state index contributed by atoms with van der Waals surface area (Å²) in [5, 5.41) is 8.72. The Balaban J connectivity index is 1.41. The molecule has 2 amide bonds. The van der Waals surface area contributed by atoms with Gasteiger partial charge >= 0.3 is 6.03 Å². The zero-order chi connectivity index (χ0) is 16.6. The third kappa shape index (κ3) is 4.67. The van der Waals surface area contributed by atoms with E-state index in [-0.39, 0.29) is 6.03 Å². The van der Waals surface area contributed by atoms with Gasteiger partial charge < -0.3 is 10.6 Å². The molecule has 0 saturated heterocycles. The molecule has 0 bridgehead atoms. The van der Waals surface area contributed by atoms with Crippen molar-refractivity contribution in [3.05, 3.63) is 77.3 Å². The Morgan fingerprint density at radius 2 is 1.75 bits per heavy atom. The van der Waals surface area contributed by atoms with Crippen LogP contribution < -0.4 is 10.6 Å². The van der Waals surface area contributed by atoms with E-state index in [1.54, 1.807) is 17.5 Å². The number of amides is 2. The number of carbonyl (C=O) groups is 1. The van der Waals surface area contributed by atoms with Gasteiger partial charge in [-0.25, -0.2) is 9.78 Å². The van der Waals surface area contributed by atoms with Crippen LogP contribution in [0.25, 0.3) is 10.6 Å². The van der Waals surface area contributed by atoms with Gasteiger partial charge in [-0.05, 0) is 17.5 Å². The Hall–Kier alpha value is -2.66. The standard InChI is InChI=1S/C19H19N3OS/c23-19(21-11-10-15-4-2-1-3-5-15)22-14-16-6-8-17(9-7-16)18-20-12-13-24-18/h1-9,12-13H,10-11,14H2,(H2,21,22,23). The molecule has 0 fully saturated rings. The minimum atomic E-state index is -0.144. The predicted molar refractivity (Wildman–Crippen MR) is 97.9 cm³/mol. The molecule has 2 aromatic carbocycles. The molecule has 3 rings (SSSR count). The van der Waals surface area contributed by atoms with E-state index in [2.05, 4.69) is 27.8 Å². The summed E-state index contributed by atoms with van der Waals surface area (Å²) in [6, 6.07) is 18.1. The maximum Gasteiger partial charge on any atom is 0.315 e. The van der Waals surface area contributed by atoms with Crippen LogP contribution in [0.15, 0.2) is 66.2 Å². The summed E-state index contributed by atoms with van der Waals surface area (Å²) in [4.78, 5) is 16.1. The van der Waals surface area contributed by atoms with Crippen molar-refractivity contribution in [1.29, 1.82) is 0 Å². The third-order valence-corrected chi connectivity index (χ3v) is 4.45. The Labute approximate surface area is 145 Å². The zero-order valence-electron chi connectivity index (χ0n) is 13.2. The van der Waals surface area contributed by atoms with E-state index in [9.17, 15) is 4.79 Å². The molecule has 0 aliphatic rings. The van der Waals surface area contributed by atoms with Crippen molar-refractivity contribution in [2.75, 3.05) is 6.54 Å². The Bertz CT molecular complexity index is 755. The summed E-state index contributed by atoms with van der Waals surface area (Å²) in [7, 11) is 0. The highest BCUT2D eigenvalue weighted by molar-refractivity contribution is 7.13. The number of urea groups is 1. The number of carbonyl (C=O) groups excluding carboxylic acids is 1. The van der Waals surface area contributed by atoms with Crippen molar-refractivity contribution in [2.45, 2.75) is 13.0 Å². The van der Waals surface area contributed by atoms with Crippen molar-refractivity contribution in [3.63, 3.8) is 0 Å². The number of benzene rings is 2. The first-order valence-corrected chi connectivity index (χ1v) is 8.74. The van der Waals surface area contributed by atoms with E-state index < -0.39 is 0 Å². The molecule has 0 radical (unpaired) electrons. The van der Waals surface area contributed by atoms with E-state index in [0.717, 1.165) is 22.6 Å². The van der Waals surface area contributed by atoms with Crippen LogP contribution >= 0.6 is 11.3 Å². The van der Waals surface area contributed by atoms with Crippen LogP contribution in [0.2, 0.25) is 0 Å². The van der Waals surface area contributed by atoms with Crippen LogP contribution in [0.3, 0.4) is 0 Å². The fourth-order valence-corrected chi connectivity index (χ4v) is 2.99. The number of thiazole rings is 1. The van der Waals surface area contributed by atoms with Crippen molar-refractivity contribution in [3.8, 4) is 10.6 Å². The van der Waals surface area contributed by atoms with Gasteiger partial charge in [-0.2, -0.15) is 0 Å². The summed E-state index contributed by atoms with van der Waals surface area (Å²) in [6.07, 6.45) is 2.63. The van der Waals surface area contributed by atoms with E-state index in [4.69, 9.17) is 0 Å². The lowest BCUT2D eigenvalue weighted by Crippen LogP contribution is -2.36. The summed E-state index contributed by atoms with van der Waals surface area (Å²) >= 11 is 1.62. The molecule has 0 saturated carbocycles. The molecule has 122 valence electrons. The van der Waals surface area contributed by atoms with Crippen LogP contribution in [-0.4, -0.2) is 17.6 Å². The third-order valence-electron chi connectivity index (χ3n) is 3.63. The molecule has 0 aliphatic heterocycles. The second kappa shape index (κ2) is 8.26. The zero-order valence-corrected chi connectivity index (χ0v) is 14.1. The SMILES string of the molecule is O=C(NCCc1ccccc1)NCc1ccc(-c2nccs2)cc1. The Morgan fingerprint density at radius 1 is 0.958 bits per heavy atom. The second-order valence-corrected chi connectivity index (χ2v) is 6.27. The highest BCUT2D eigenvalue weighted by atomic mass is 32.1. The lowest BCUT2D eigenvalue weighted by Gasteiger charge is -2.08. The average Bonchev–Trinajstić information content (AvgIpc) is 3.16. The van der Waals surface area contributed by atoms with Crippen LogP contribution in [0.4, 0.5) is 4.79 Å². The fraction of sp³-hybridized carbons (Fsp3) is 0.158. The molecule has 1 aromatic heterocycles. The van der Waals surface area contributed by atoms with Crippen LogP contribution in [-0.2, 0) is 13.0 Å². The first-order chi connectivity index (χ1) is 11.8. The highest BCUT2D eigenvalue weighted by Crippen LogP contribution is 2.21. The average molecular weight is 337 g/mol. The first kappa shape index (κ1) is 16.2. The van der Waals surface area contributed by atoms with Crippen LogP contribution in [0.5, 0.6) is 0 Å². The van der Waals surface area contributed by atoms with Gasteiger partial charge in [-0.1, -0.05) is 54.6 Å². The number of nitrogens with zero attached hydrogens (tertiary/aromatic N) is 1. The Kier molecular flexibility index (Phi) is 5.58. The normalized spacial score (nSPS) is 10.3. The van der Waals surface area contributed by atoms with E-state index in [1.165, 1.54) is 5.56 Å². The van der Waals surface area contributed by atoms with Gasteiger partial charge in [0.1, 0.15) is 5.01 Å². The van der Waals surface area contributed by atoms with Crippen molar-refractivity contribution < 1.29 is 4.79 Å². The number of hydrogen-bond acceptors (Lipinski definition) is 3. The summed E-state index contributed by atoms with van der Waals surface area (Å²) in [5.41, 5.74) is 3.38. The molecule has 3 aromatic rings. The van der Waals surface area contributed by atoms with Gasteiger partial charge in [-0.15, -0.1) is 11.3 Å². The molecular formula is C19H19N3OS. The minimum absolute atomic E-state index is 0.144. The maximum atomic E-state index is 11.8. The maximum absolute atomic E-state index is 11.8. The molecule has 0 unspecified atom stereocenters. The van der Waals surface area contributed by atoms with Gasteiger partial charge in [0.2, 0.25) is 0 Å². The van der Waals surface area contributed by atoms with Crippen molar-refractivity contribution >= 4 is 17.4 Å². The molecule has 0 spiro atoms. The fourth-order valence-electron chi connectivity index (χ4n) is 2.34. The number of rotatable bonds is 6.